The molecule has 0 aliphatic carbocycles. The summed E-state index contributed by atoms with van der Waals surface area (Å²) in [5.41, 5.74) is 7.39. The molecule has 6 heteroatoms. The summed E-state index contributed by atoms with van der Waals surface area (Å²) in [4.78, 5) is 28.0. The minimum atomic E-state index is -0.148. The van der Waals surface area contributed by atoms with Gasteiger partial charge in [-0.1, -0.05) is 30.3 Å². The lowest BCUT2D eigenvalue weighted by Gasteiger charge is -2.32. The van der Waals surface area contributed by atoms with Crippen molar-refractivity contribution in [3.05, 3.63) is 65.7 Å². The van der Waals surface area contributed by atoms with Crippen molar-refractivity contribution in [1.82, 2.24) is 10.2 Å². The van der Waals surface area contributed by atoms with Crippen LogP contribution in [0.5, 0.6) is 0 Å². The number of amides is 2. The first-order valence-electron chi connectivity index (χ1n) is 9.71. The zero-order valence-electron chi connectivity index (χ0n) is 16.0. The molecule has 0 saturated carbocycles. The summed E-state index contributed by atoms with van der Waals surface area (Å²) < 4.78 is 0. The molecule has 3 rings (SSSR count). The number of piperidine rings is 1. The van der Waals surface area contributed by atoms with E-state index in [0.29, 0.717) is 31.7 Å². The fraction of sp³-hybridized carbons (Fsp3) is 0.364. The molecule has 2 aromatic carbocycles. The van der Waals surface area contributed by atoms with Crippen molar-refractivity contribution in [2.75, 3.05) is 26.2 Å². The molecule has 0 spiro atoms. The summed E-state index contributed by atoms with van der Waals surface area (Å²) in [5.74, 6) is 0.747. The molecule has 2 aromatic rings. The second-order valence-corrected chi connectivity index (χ2v) is 8.02. The van der Waals surface area contributed by atoms with Gasteiger partial charge in [-0.25, -0.2) is 0 Å². The van der Waals surface area contributed by atoms with Crippen LogP contribution in [0.3, 0.4) is 0 Å². The minimum absolute atomic E-state index is 0.00376. The van der Waals surface area contributed by atoms with E-state index in [1.807, 2.05) is 42.5 Å². The average molecular weight is 398 g/mol. The number of thioether (sulfide) groups is 1. The van der Waals surface area contributed by atoms with E-state index in [1.54, 1.807) is 16.7 Å². The number of carbonyl (C=O) groups excluding carboxylic acids is 2. The number of hydrogen-bond donors (Lipinski definition) is 2. The van der Waals surface area contributed by atoms with Gasteiger partial charge in [-0.2, -0.15) is 0 Å². The summed E-state index contributed by atoms with van der Waals surface area (Å²) in [6.45, 7) is 2.07. The zero-order valence-corrected chi connectivity index (χ0v) is 16.8. The Morgan fingerprint density at radius 3 is 2.57 bits per heavy atom. The third-order valence-corrected chi connectivity index (χ3v) is 5.96. The van der Waals surface area contributed by atoms with E-state index in [2.05, 4.69) is 17.4 Å². The molecule has 0 bridgehead atoms. The number of benzene rings is 2. The van der Waals surface area contributed by atoms with Crippen LogP contribution in [0.1, 0.15) is 28.8 Å². The Bertz CT molecular complexity index is 780. The van der Waals surface area contributed by atoms with Gasteiger partial charge in [-0.05, 0) is 42.7 Å². The molecule has 1 fully saturated rings. The standard InChI is InChI=1S/C22H27N3O2S/c23-12-13-24-21(26)19-7-4-14-25(15-19)22(27)18-8-10-20(11-9-18)28-16-17-5-2-1-3-6-17/h1-3,5-6,8-11,19H,4,7,12-16,23H2,(H,24,26). The largest absolute Gasteiger partial charge is 0.355 e. The van der Waals surface area contributed by atoms with Gasteiger partial charge in [0.15, 0.2) is 0 Å². The van der Waals surface area contributed by atoms with Crippen molar-refractivity contribution in [3.63, 3.8) is 0 Å². The van der Waals surface area contributed by atoms with Crippen molar-refractivity contribution in [2.24, 2.45) is 11.7 Å². The maximum absolute atomic E-state index is 12.8. The number of hydrogen-bond acceptors (Lipinski definition) is 4. The van der Waals surface area contributed by atoms with E-state index in [1.165, 1.54) is 5.56 Å². The average Bonchev–Trinajstić information content (AvgIpc) is 2.76. The normalized spacial score (nSPS) is 16.6. The predicted octanol–water partition coefficient (Wildman–Crippen LogP) is 2.91. The van der Waals surface area contributed by atoms with Crippen LogP contribution in [0.4, 0.5) is 0 Å². The summed E-state index contributed by atoms with van der Waals surface area (Å²) in [5, 5.41) is 2.83. The van der Waals surface area contributed by atoms with Crippen LogP contribution in [-0.2, 0) is 10.5 Å². The molecule has 2 amide bonds. The highest BCUT2D eigenvalue weighted by Gasteiger charge is 2.28. The van der Waals surface area contributed by atoms with Crippen molar-refractivity contribution >= 4 is 23.6 Å². The topological polar surface area (TPSA) is 75.4 Å². The van der Waals surface area contributed by atoms with E-state index >= 15 is 0 Å². The summed E-state index contributed by atoms with van der Waals surface area (Å²) in [7, 11) is 0. The number of rotatable bonds is 7. The van der Waals surface area contributed by atoms with Gasteiger partial charge in [0.25, 0.3) is 5.91 Å². The second-order valence-electron chi connectivity index (χ2n) is 6.97. The van der Waals surface area contributed by atoms with Crippen LogP contribution in [0.25, 0.3) is 0 Å². The van der Waals surface area contributed by atoms with E-state index < -0.39 is 0 Å². The van der Waals surface area contributed by atoms with Gasteiger partial charge in [0.05, 0.1) is 5.92 Å². The van der Waals surface area contributed by atoms with Gasteiger partial charge >= 0.3 is 0 Å². The molecule has 1 unspecified atom stereocenters. The van der Waals surface area contributed by atoms with E-state index in [9.17, 15) is 9.59 Å². The zero-order chi connectivity index (χ0) is 19.8. The highest BCUT2D eigenvalue weighted by Crippen LogP contribution is 2.24. The molecule has 1 aliphatic heterocycles. The first kappa shape index (κ1) is 20.4. The predicted molar refractivity (Wildman–Crippen MR) is 113 cm³/mol. The molecule has 148 valence electrons. The first-order chi connectivity index (χ1) is 13.7. The van der Waals surface area contributed by atoms with Crippen LogP contribution in [0, 0.1) is 5.92 Å². The molecule has 28 heavy (non-hydrogen) atoms. The highest BCUT2D eigenvalue weighted by atomic mass is 32.2. The third kappa shape index (κ3) is 5.59. The van der Waals surface area contributed by atoms with Crippen molar-refractivity contribution in [2.45, 2.75) is 23.5 Å². The quantitative estimate of drug-likeness (QED) is 0.705. The van der Waals surface area contributed by atoms with Crippen LogP contribution >= 0.6 is 11.8 Å². The fourth-order valence-corrected chi connectivity index (χ4v) is 4.19. The van der Waals surface area contributed by atoms with Crippen LogP contribution in [0.15, 0.2) is 59.5 Å². The molecule has 5 nitrogen and oxygen atoms in total. The summed E-state index contributed by atoms with van der Waals surface area (Å²) in [6.07, 6.45) is 1.66. The Kier molecular flexibility index (Phi) is 7.51. The SMILES string of the molecule is NCCNC(=O)C1CCCN(C(=O)c2ccc(SCc3ccccc3)cc2)C1. The first-order valence-corrected chi connectivity index (χ1v) is 10.7. The lowest BCUT2D eigenvalue weighted by Crippen LogP contribution is -2.46. The molecule has 1 atom stereocenters. The van der Waals surface area contributed by atoms with Gasteiger partial charge in [0, 0.05) is 42.4 Å². The Morgan fingerprint density at radius 1 is 1.11 bits per heavy atom. The highest BCUT2D eigenvalue weighted by molar-refractivity contribution is 7.98. The lowest BCUT2D eigenvalue weighted by atomic mass is 9.96. The molecule has 0 aromatic heterocycles. The third-order valence-electron chi connectivity index (χ3n) is 4.87. The molecular formula is C22H27N3O2S. The van der Waals surface area contributed by atoms with Crippen LogP contribution in [-0.4, -0.2) is 42.9 Å². The number of carbonyl (C=O) groups is 2. The van der Waals surface area contributed by atoms with Gasteiger partial charge in [-0.3, -0.25) is 9.59 Å². The Morgan fingerprint density at radius 2 is 1.86 bits per heavy atom. The number of nitrogens with one attached hydrogen (secondary N) is 1. The Hall–Kier alpha value is -2.31. The van der Waals surface area contributed by atoms with E-state index in [4.69, 9.17) is 5.73 Å². The van der Waals surface area contributed by atoms with Crippen LogP contribution in [0.2, 0.25) is 0 Å². The molecule has 1 saturated heterocycles. The smallest absolute Gasteiger partial charge is 0.253 e. The van der Waals surface area contributed by atoms with Gasteiger partial charge in [0.2, 0.25) is 5.91 Å². The Balaban J connectivity index is 1.55. The lowest BCUT2D eigenvalue weighted by molar-refractivity contribution is -0.126. The Labute approximate surface area is 170 Å². The van der Waals surface area contributed by atoms with Gasteiger partial charge in [-0.15, -0.1) is 11.8 Å². The maximum atomic E-state index is 12.8. The van der Waals surface area contributed by atoms with Crippen molar-refractivity contribution in [3.8, 4) is 0 Å². The minimum Gasteiger partial charge on any atom is -0.355 e. The fourth-order valence-electron chi connectivity index (χ4n) is 3.33. The number of likely N-dealkylation sites (tertiary alicyclic amines) is 1. The number of nitrogens with zero attached hydrogens (tertiary/aromatic N) is 1. The molecule has 0 radical (unpaired) electrons. The van der Waals surface area contributed by atoms with Crippen LogP contribution < -0.4 is 11.1 Å². The molecule has 1 aliphatic rings. The number of nitrogens with two attached hydrogens (primary N) is 1. The molecule has 1 heterocycles. The van der Waals surface area contributed by atoms with Gasteiger partial charge < -0.3 is 16.0 Å². The molecule has 3 N–H and O–H groups in total. The maximum Gasteiger partial charge on any atom is 0.253 e. The van der Waals surface area contributed by atoms with Gasteiger partial charge in [0.1, 0.15) is 0 Å². The monoisotopic (exact) mass is 397 g/mol. The van der Waals surface area contributed by atoms with Crippen molar-refractivity contribution in [1.29, 1.82) is 0 Å². The second kappa shape index (κ2) is 10.3. The summed E-state index contributed by atoms with van der Waals surface area (Å²) in [6, 6.07) is 18.1. The van der Waals surface area contributed by atoms with Crippen molar-refractivity contribution < 1.29 is 9.59 Å². The van der Waals surface area contributed by atoms with E-state index in [0.717, 1.165) is 23.5 Å². The molecular weight excluding hydrogens is 370 g/mol. The van der Waals surface area contributed by atoms with E-state index in [-0.39, 0.29) is 17.7 Å². The summed E-state index contributed by atoms with van der Waals surface area (Å²) >= 11 is 1.75.